The first-order valence-corrected chi connectivity index (χ1v) is 11.8. The van der Waals surface area contributed by atoms with Gasteiger partial charge in [-0.3, -0.25) is 14.5 Å². The molecule has 2 heterocycles. The molecule has 1 aromatic heterocycles. The summed E-state index contributed by atoms with van der Waals surface area (Å²) in [5.41, 5.74) is 2.31. The predicted molar refractivity (Wildman–Crippen MR) is 135 cm³/mol. The Morgan fingerprint density at radius 3 is 2.42 bits per heavy atom. The number of rotatable bonds is 5. The van der Waals surface area contributed by atoms with Crippen LogP contribution in [0.4, 0.5) is 9.52 Å². The van der Waals surface area contributed by atoms with Gasteiger partial charge in [-0.2, -0.15) is 0 Å². The van der Waals surface area contributed by atoms with Crippen molar-refractivity contribution in [2.24, 2.45) is 0 Å². The van der Waals surface area contributed by atoms with Crippen LogP contribution >= 0.6 is 11.3 Å². The lowest BCUT2D eigenvalue weighted by molar-refractivity contribution is -0.132. The molecule has 1 aliphatic rings. The van der Waals surface area contributed by atoms with E-state index in [1.807, 2.05) is 25.1 Å². The number of Topliss-reactive ketones (excluding diaryl/α,β-unsaturated/α-hetero) is 1. The number of thiazole rings is 1. The molecule has 0 spiro atoms. The van der Waals surface area contributed by atoms with E-state index in [1.165, 1.54) is 54.7 Å². The summed E-state index contributed by atoms with van der Waals surface area (Å²) in [7, 11) is 2.98. The van der Waals surface area contributed by atoms with Crippen LogP contribution in [-0.2, 0) is 9.59 Å². The second-order valence-corrected chi connectivity index (χ2v) is 9.27. The topological polar surface area (TPSA) is 89.0 Å². The number of nitrogens with zero attached hydrogens (tertiary/aromatic N) is 2. The first kappa shape index (κ1) is 23.5. The summed E-state index contributed by atoms with van der Waals surface area (Å²) >= 11 is 1.27. The van der Waals surface area contributed by atoms with Gasteiger partial charge in [0.25, 0.3) is 5.78 Å². The van der Waals surface area contributed by atoms with Gasteiger partial charge in [-0.1, -0.05) is 23.5 Å². The molecule has 182 valence electrons. The molecule has 1 unspecified atom stereocenters. The largest absolute Gasteiger partial charge is 0.507 e. The molecule has 3 aromatic carbocycles. The van der Waals surface area contributed by atoms with Gasteiger partial charge in [0.05, 0.1) is 36.1 Å². The molecule has 9 heteroatoms. The molecule has 4 aromatic rings. The number of anilines is 1. The number of aryl methyl sites for hydroxylation is 1. The minimum absolute atomic E-state index is 0.130. The maximum Gasteiger partial charge on any atom is 0.301 e. The van der Waals surface area contributed by atoms with Crippen LogP contribution in [0, 0.1) is 12.7 Å². The average Bonchev–Trinajstić information content (AvgIpc) is 3.41. The Kier molecular flexibility index (Phi) is 5.93. The van der Waals surface area contributed by atoms with Crippen LogP contribution in [0.2, 0.25) is 0 Å². The molecule has 1 atom stereocenters. The van der Waals surface area contributed by atoms with Gasteiger partial charge < -0.3 is 14.6 Å². The third kappa shape index (κ3) is 3.87. The van der Waals surface area contributed by atoms with Crippen molar-refractivity contribution in [2.45, 2.75) is 13.0 Å². The summed E-state index contributed by atoms with van der Waals surface area (Å²) in [6.07, 6.45) is 0. The minimum Gasteiger partial charge on any atom is -0.507 e. The van der Waals surface area contributed by atoms with Crippen LogP contribution in [0.5, 0.6) is 11.5 Å². The third-order valence-corrected chi connectivity index (χ3v) is 7.04. The standard InChI is InChI=1S/C27H21FN2O5S/c1-14-4-10-18-21(12-14)36-27(29-18)30-23(16-7-11-19(34-2)20(13-16)35-3)22(25(32)26(30)33)24(31)15-5-8-17(28)9-6-15/h4-13,23,31H,1-3H3. The number of hydrogen-bond donors (Lipinski definition) is 1. The van der Waals surface area contributed by atoms with Crippen LogP contribution in [-0.4, -0.2) is 36.0 Å². The van der Waals surface area contributed by atoms with E-state index in [1.54, 1.807) is 18.2 Å². The molecule has 7 nitrogen and oxygen atoms in total. The van der Waals surface area contributed by atoms with Crippen molar-refractivity contribution in [1.29, 1.82) is 0 Å². The maximum atomic E-state index is 13.5. The van der Waals surface area contributed by atoms with Crippen LogP contribution in [0.1, 0.15) is 22.7 Å². The molecule has 1 N–H and O–H groups in total. The number of aliphatic hydroxyl groups excluding tert-OH is 1. The van der Waals surface area contributed by atoms with Crippen molar-refractivity contribution in [2.75, 3.05) is 19.1 Å². The van der Waals surface area contributed by atoms with E-state index in [9.17, 15) is 19.1 Å². The van der Waals surface area contributed by atoms with E-state index in [4.69, 9.17) is 9.47 Å². The van der Waals surface area contributed by atoms with Crippen molar-refractivity contribution < 1.29 is 28.6 Å². The normalized spacial score (nSPS) is 17.1. The van der Waals surface area contributed by atoms with Gasteiger partial charge in [0.15, 0.2) is 16.6 Å². The monoisotopic (exact) mass is 504 g/mol. The fourth-order valence-electron chi connectivity index (χ4n) is 4.25. The highest BCUT2D eigenvalue weighted by atomic mass is 32.1. The Hall–Kier alpha value is -4.24. The summed E-state index contributed by atoms with van der Waals surface area (Å²) in [6.45, 7) is 1.96. The van der Waals surface area contributed by atoms with E-state index in [2.05, 4.69) is 4.98 Å². The van der Waals surface area contributed by atoms with Gasteiger partial charge in [0.1, 0.15) is 11.6 Å². The fourth-order valence-corrected chi connectivity index (χ4v) is 5.34. The molecule has 1 aliphatic heterocycles. The second-order valence-electron chi connectivity index (χ2n) is 8.26. The highest BCUT2D eigenvalue weighted by Gasteiger charge is 2.48. The zero-order valence-corrected chi connectivity index (χ0v) is 20.4. The van der Waals surface area contributed by atoms with Gasteiger partial charge >= 0.3 is 5.91 Å². The Labute approximate surface area is 210 Å². The zero-order valence-electron chi connectivity index (χ0n) is 19.6. The van der Waals surface area contributed by atoms with Crippen molar-refractivity contribution in [3.63, 3.8) is 0 Å². The molecule has 1 amide bonds. The molecule has 0 aliphatic carbocycles. The van der Waals surface area contributed by atoms with Crippen LogP contribution in [0.15, 0.2) is 66.2 Å². The van der Waals surface area contributed by atoms with Crippen LogP contribution in [0.3, 0.4) is 0 Å². The molecule has 1 fully saturated rings. The number of aliphatic hydroxyl groups is 1. The first-order valence-electron chi connectivity index (χ1n) is 11.0. The molecular weight excluding hydrogens is 483 g/mol. The fraction of sp³-hybridized carbons (Fsp3) is 0.148. The Morgan fingerprint density at radius 1 is 1.00 bits per heavy atom. The van der Waals surface area contributed by atoms with Gasteiger partial charge in [-0.15, -0.1) is 0 Å². The average molecular weight is 505 g/mol. The number of amides is 1. The van der Waals surface area contributed by atoms with Crippen LogP contribution < -0.4 is 14.4 Å². The number of fused-ring (bicyclic) bond motifs is 1. The van der Waals surface area contributed by atoms with Crippen molar-refractivity contribution in [3.8, 4) is 11.5 Å². The Bertz CT molecular complexity index is 1540. The SMILES string of the molecule is COc1ccc(C2C(=C(O)c3ccc(F)cc3)C(=O)C(=O)N2c2nc3ccc(C)cc3s2)cc1OC. The number of halogens is 1. The molecule has 0 bridgehead atoms. The third-order valence-electron chi connectivity index (χ3n) is 6.02. The molecule has 36 heavy (non-hydrogen) atoms. The number of carbonyl (C=O) groups is 2. The quantitative estimate of drug-likeness (QED) is 0.223. The van der Waals surface area contributed by atoms with Crippen molar-refractivity contribution in [1.82, 2.24) is 4.98 Å². The Balaban J connectivity index is 1.75. The number of aromatic nitrogens is 1. The maximum absolute atomic E-state index is 13.5. The van der Waals surface area contributed by atoms with E-state index in [-0.39, 0.29) is 11.1 Å². The van der Waals surface area contributed by atoms with Crippen molar-refractivity contribution >= 4 is 44.1 Å². The van der Waals surface area contributed by atoms with Gasteiger partial charge in [0.2, 0.25) is 0 Å². The summed E-state index contributed by atoms with van der Waals surface area (Å²) in [4.78, 5) is 32.6. The number of benzene rings is 3. The highest BCUT2D eigenvalue weighted by molar-refractivity contribution is 7.22. The van der Waals surface area contributed by atoms with Gasteiger partial charge in [-0.05, 0) is 66.6 Å². The number of ketones is 1. The summed E-state index contributed by atoms with van der Waals surface area (Å²) < 4.78 is 25.1. The summed E-state index contributed by atoms with van der Waals surface area (Å²) in [5.74, 6) is -1.74. The van der Waals surface area contributed by atoms with Crippen LogP contribution in [0.25, 0.3) is 16.0 Å². The molecule has 1 saturated heterocycles. The zero-order chi connectivity index (χ0) is 25.6. The lowest BCUT2D eigenvalue weighted by Gasteiger charge is -2.23. The molecule has 0 saturated carbocycles. The van der Waals surface area contributed by atoms with Gasteiger partial charge in [-0.25, -0.2) is 9.37 Å². The predicted octanol–water partition coefficient (Wildman–Crippen LogP) is 5.39. The number of carbonyl (C=O) groups excluding carboxylic acids is 2. The van der Waals surface area contributed by atoms with E-state index in [0.717, 1.165) is 10.3 Å². The van der Waals surface area contributed by atoms with Gasteiger partial charge in [0, 0.05) is 5.56 Å². The molecular formula is C27H21FN2O5S. The van der Waals surface area contributed by atoms with Crippen molar-refractivity contribution in [3.05, 3.63) is 88.7 Å². The number of methoxy groups -OCH3 is 2. The summed E-state index contributed by atoms with van der Waals surface area (Å²) in [5, 5.41) is 11.5. The lowest BCUT2D eigenvalue weighted by Crippen LogP contribution is -2.29. The number of hydrogen-bond acceptors (Lipinski definition) is 7. The number of ether oxygens (including phenoxy) is 2. The van der Waals surface area contributed by atoms with E-state index in [0.29, 0.717) is 27.7 Å². The van der Waals surface area contributed by atoms with E-state index >= 15 is 0 Å². The molecule has 0 radical (unpaired) electrons. The minimum atomic E-state index is -1.00. The summed E-state index contributed by atoms with van der Waals surface area (Å²) in [6, 6.07) is 14.8. The highest BCUT2D eigenvalue weighted by Crippen LogP contribution is 2.45. The smallest absolute Gasteiger partial charge is 0.301 e. The molecule has 5 rings (SSSR count). The second kappa shape index (κ2) is 9.09. The van der Waals surface area contributed by atoms with E-state index < -0.39 is 29.3 Å². The Morgan fingerprint density at radius 2 is 1.72 bits per heavy atom. The lowest BCUT2D eigenvalue weighted by atomic mass is 9.95. The first-order chi connectivity index (χ1) is 17.3.